The van der Waals surface area contributed by atoms with Crippen LogP contribution in [-0.2, 0) is 24.1 Å². The van der Waals surface area contributed by atoms with Gasteiger partial charge in [0.05, 0.1) is 25.1 Å². The Balaban J connectivity index is 1.33. The Morgan fingerprint density at radius 1 is 1.16 bits per heavy atom. The molecule has 1 aliphatic carbocycles. The first-order valence-electron chi connectivity index (χ1n) is 10.8. The molecule has 2 N–H and O–H groups in total. The summed E-state index contributed by atoms with van der Waals surface area (Å²) in [6, 6.07) is 10.5. The molecule has 1 aliphatic heterocycles. The molecular formula is C24H27N5O2. The highest BCUT2D eigenvalue weighted by Crippen LogP contribution is 2.32. The van der Waals surface area contributed by atoms with Crippen LogP contribution in [0.15, 0.2) is 42.7 Å². The number of rotatable bonds is 5. The third kappa shape index (κ3) is 4.24. The van der Waals surface area contributed by atoms with Crippen LogP contribution in [0.1, 0.15) is 34.9 Å². The summed E-state index contributed by atoms with van der Waals surface area (Å²) in [5.74, 6) is 1.25. The Morgan fingerprint density at radius 2 is 1.97 bits per heavy atom. The Bertz CT molecular complexity index is 1070. The fourth-order valence-corrected chi connectivity index (χ4v) is 4.49. The number of hydrogen-bond acceptors (Lipinski definition) is 7. The van der Waals surface area contributed by atoms with Crippen molar-refractivity contribution in [3.8, 4) is 17.0 Å². The second-order valence-corrected chi connectivity index (χ2v) is 8.16. The van der Waals surface area contributed by atoms with Crippen molar-refractivity contribution in [3.63, 3.8) is 0 Å². The van der Waals surface area contributed by atoms with Gasteiger partial charge in [-0.25, -0.2) is 15.0 Å². The number of nitrogens with two attached hydrogens (primary N) is 1. The Morgan fingerprint density at radius 3 is 2.77 bits per heavy atom. The van der Waals surface area contributed by atoms with E-state index >= 15 is 0 Å². The van der Waals surface area contributed by atoms with Gasteiger partial charge in [0.15, 0.2) is 0 Å². The maximum atomic E-state index is 6.09. The van der Waals surface area contributed by atoms with Gasteiger partial charge in [-0.2, -0.15) is 0 Å². The molecule has 1 atom stereocenters. The molecule has 0 amide bonds. The number of aryl methyl sites for hydroxylation is 2. The second-order valence-electron chi connectivity index (χ2n) is 8.16. The normalized spacial score (nSPS) is 18.7. The summed E-state index contributed by atoms with van der Waals surface area (Å²) in [5.41, 5.74) is 12.3. The number of nitrogen functional groups attached to an aromatic ring is 1. The van der Waals surface area contributed by atoms with Crippen LogP contribution in [0.3, 0.4) is 0 Å². The van der Waals surface area contributed by atoms with Gasteiger partial charge in [0.1, 0.15) is 11.9 Å². The van der Waals surface area contributed by atoms with Gasteiger partial charge >= 0.3 is 0 Å². The van der Waals surface area contributed by atoms with Crippen molar-refractivity contribution >= 4 is 5.95 Å². The molecule has 2 aromatic heterocycles. The van der Waals surface area contributed by atoms with Crippen LogP contribution < -0.4 is 10.5 Å². The molecule has 3 aromatic rings. The quantitative estimate of drug-likeness (QED) is 0.682. The summed E-state index contributed by atoms with van der Waals surface area (Å²) in [5, 5.41) is 0. The van der Waals surface area contributed by atoms with E-state index in [0.717, 1.165) is 48.8 Å². The van der Waals surface area contributed by atoms with Gasteiger partial charge < -0.3 is 15.2 Å². The van der Waals surface area contributed by atoms with Crippen LogP contribution in [0.2, 0.25) is 0 Å². The van der Waals surface area contributed by atoms with Crippen molar-refractivity contribution in [1.82, 2.24) is 19.9 Å². The van der Waals surface area contributed by atoms with Crippen molar-refractivity contribution in [2.24, 2.45) is 0 Å². The molecule has 0 radical (unpaired) electrons. The minimum absolute atomic E-state index is 0.0798. The summed E-state index contributed by atoms with van der Waals surface area (Å²) in [6.07, 6.45) is 6.88. The molecule has 0 saturated carbocycles. The molecule has 1 unspecified atom stereocenters. The second kappa shape index (κ2) is 8.61. The van der Waals surface area contributed by atoms with Gasteiger partial charge in [-0.3, -0.25) is 4.90 Å². The number of ether oxygens (including phenoxy) is 2. The van der Waals surface area contributed by atoms with Gasteiger partial charge in [0.25, 0.3) is 0 Å². The largest absolute Gasteiger partial charge is 0.496 e. The minimum Gasteiger partial charge on any atom is -0.496 e. The third-order valence-corrected chi connectivity index (χ3v) is 6.11. The van der Waals surface area contributed by atoms with Crippen LogP contribution in [0.25, 0.3) is 11.3 Å². The first kappa shape index (κ1) is 19.9. The van der Waals surface area contributed by atoms with E-state index in [2.05, 4.69) is 27.0 Å². The molecule has 2 aliphatic rings. The summed E-state index contributed by atoms with van der Waals surface area (Å²) in [7, 11) is 1.76. The van der Waals surface area contributed by atoms with Crippen molar-refractivity contribution < 1.29 is 9.47 Å². The van der Waals surface area contributed by atoms with Crippen molar-refractivity contribution in [1.29, 1.82) is 0 Å². The highest BCUT2D eigenvalue weighted by molar-refractivity contribution is 5.57. The Labute approximate surface area is 182 Å². The van der Waals surface area contributed by atoms with Crippen molar-refractivity contribution in [3.05, 3.63) is 65.1 Å². The molecule has 5 rings (SSSR count). The summed E-state index contributed by atoms with van der Waals surface area (Å²) >= 11 is 0. The molecule has 1 aromatic carbocycles. The molecule has 7 nitrogen and oxygen atoms in total. The molecule has 0 bridgehead atoms. The highest BCUT2D eigenvalue weighted by atomic mass is 16.5. The first-order chi connectivity index (χ1) is 15.2. The number of nitrogens with zero attached hydrogens (tertiary/aromatic N) is 4. The van der Waals surface area contributed by atoms with Gasteiger partial charge in [0, 0.05) is 43.2 Å². The number of benzene rings is 1. The number of pyridine rings is 1. The third-order valence-electron chi connectivity index (χ3n) is 6.11. The van der Waals surface area contributed by atoms with E-state index in [9.17, 15) is 0 Å². The monoisotopic (exact) mass is 417 g/mol. The number of morpholine rings is 1. The predicted molar refractivity (Wildman–Crippen MR) is 119 cm³/mol. The predicted octanol–water partition coefficient (Wildman–Crippen LogP) is 3.19. The number of methoxy groups -OCH3 is 1. The molecule has 3 heterocycles. The van der Waals surface area contributed by atoms with Crippen LogP contribution in [0.4, 0.5) is 5.95 Å². The van der Waals surface area contributed by atoms with Crippen molar-refractivity contribution in [2.45, 2.75) is 31.9 Å². The van der Waals surface area contributed by atoms with Crippen LogP contribution >= 0.6 is 0 Å². The number of fused-ring (bicyclic) bond motifs is 1. The minimum atomic E-state index is -0.0798. The van der Waals surface area contributed by atoms with Crippen LogP contribution in [0, 0.1) is 0 Å². The van der Waals surface area contributed by atoms with E-state index in [0.29, 0.717) is 6.61 Å². The molecule has 1 saturated heterocycles. The molecule has 0 spiro atoms. The van der Waals surface area contributed by atoms with Gasteiger partial charge in [-0.15, -0.1) is 0 Å². The zero-order valence-electron chi connectivity index (χ0n) is 17.8. The molecule has 31 heavy (non-hydrogen) atoms. The number of aromatic nitrogens is 3. The molecule has 7 heteroatoms. The SMILES string of the molecule is COc1cc2c(cc1CN1CCOC(c3cccc(-c4cnc(N)nc4)n3)C1)CCC2. The highest BCUT2D eigenvalue weighted by Gasteiger charge is 2.25. The van der Waals surface area contributed by atoms with E-state index < -0.39 is 0 Å². The Kier molecular flexibility index (Phi) is 5.53. The molecule has 160 valence electrons. The average molecular weight is 418 g/mol. The Hall–Kier alpha value is -3.03. The van der Waals surface area contributed by atoms with Gasteiger partial charge in [-0.05, 0) is 48.6 Å². The van der Waals surface area contributed by atoms with E-state index in [4.69, 9.17) is 20.2 Å². The number of hydrogen-bond donors (Lipinski definition) is 1. The smallest absolute Gasteiger partial charge is 0.219 e. The topological polar surface area (TPSA) is 86.4 Å². The zero-order valence-corrected chi connectivity index (χ0v) is 17.8. The summed E-state index contributed by atoms with van der Waals surface area (Å²) in [4.78, 5) is 15.4. The maximum Gasteiger partial charge on any atom is 0.219 e. The summed E-state index contributed by atoms with van der Waals surface area (Å²) < 4.78 is 11.8. The number of anilines is 1. The standard InChI is InChI=1S/C24H27N5O2/c1-30-22-11-17-5-2-4-16(17)10-18(22)14-29-8-9-31-23(15-29)21-7-3-6-20(28-21)19-12-26-24(25)27-13-19/h3,6-7,10-13,23H,2,4-5,8-9,14-15H2,1H3,(H2,25,26,27). The van der Waals surface area contributed by atoms with Gasteiger partial charge in [0.2, 0.25) is 5.95 Å². The lowest BCUT2D eigenvalue weighted by Gasteiger charge is -2.33. The molecule has 1 fully saturated rings. The van der Waals surface area contributed by atoms with Crippen LogP contribution in [-0.4, -0.2) is 46.7 Å². The van der Waals surface area contributed by atoms with Crippen LogP contribution in [0.5, 0.6) is 5.75 Å². The maximum absolute atomic E-state index is 6.09. The average Bonchev–Trinajstić information content (AvgIpc) is 3.26. The van der Waals surface area contributed by atoms with Gasteiger partial charge in [-0.1, -0.05) is 12.1 Å². The van der Waals surface area contributed by atoms with E-state index in [1.807, 2.05) is 18.2 Å². The van der Waals surface area contributed by atoms with E-state index in [1.165, 1.54) is 29.5 Å². The lowest BCUT2D eigenvalue weighted by molar-refractivity contribution is -0.0351. The summed E-state index contributed by atoms with van der Waals surface area (Å²) in [6.45, 7) is 3.20. The fraction of sp³-hybridized carbons (Fsp3) is 0.375. The lowest BCUT2D eigenvalue weighted by Crippen LogP contribution is -2.38. The first-order valence-corrected chi connectivity index (χ1v) is 10.8. The molecular weight excluding hydrogens is 390 g/mol. The zero-order chi connectivity index (χ0) is 21.2. The van der Waals surface area contributed by atoms with Crippen molar-refractivity contribution in [2.75, 3.05) is 32.5 Å². The van der Waals surface area contributed by atoms with E-state index in [-0.39, 0.29) is 12.1 Å². The fourth-order valence-electron chi connectivity index (χ4n) is 4.49. The lowest BCUT2D eigenvalue weighted by atomic mass is 10.0. The van der Waals surface area contributed by atoms with E-state index in [1.54, 1.807) is 19.5 Å².